The number of hydrogen-bond acceptors (Lipinski definition) is 4. The molecule has 0 bridgehead atoms. The number of aryl methyl sites for hydroxylation is 1. The summed E-state index contributed by atoms with van der Waals surface area (Å²) in [5, 5.41) is 17.0. The third-order valence-corrected chi connectivity index (χ3v) is 4.32. The van der Waals surface area contributed by atoms with Gasteiger partial charge in [0.25, 0.3) is 5.91 Å². The van der Waals surface area contributed by atoms with E-state index < -0.39 is 11.4 Å². The van der Waals surface area contributed by atoms with E-state index in [-0.39, 0.29) is 5.82 Å². The van der Waals surface area contributed by atoms with E-state index in [0.717, 1.165) is 18.5 Å². The first kappa shape index (κ1) is 15.5. The molecule has 1 aliphatic rings. The predicted octanol–water partition coefficient (Wildman–Crippen LogP) is 2.80. The lowest BCUT2D eigenvalue weighted by atomic mass is 10.00. The highest BCUT2D eigenvalue weighted by Gasteiger charge is 2.36. The van der Waals surface area contributed by atoms with Gasteiger partial charge in [-0.25, -0.2) is 9.67 Å². The lowest BCUT2D eigenvalue weighted by Gasteiger charge is -2.20. The van der Waals surface area contributed by atoms with Crippen LogP contribution < -0.4 is 5.32 Å². The minimum Gasteiger partial charge on any atom is -0.331 e. The topological polar surface area (TPSA) is 83.6 Å². The Bertz CT molecular complexity index is 769. The highest BCUT2D eigenvalue weighted by Crippen LogP contribution is 2.29. The monoisotopic (exact) mass is 329 g/mol. The molecule has 2 aromatic rings. The molecule has 1 amide bonds. The van der Waals surface area contributed by atoms with Gasteiger partial charge in [-0.3, -0.25) is 4.79 Å². The Morgan fingerprint density at radius 2 is 2.00 bits per heavy atom. The third-order valence-electron chi connectivity index (χ3n) is 4.07. The number of halogens is 1. The summed E-state index contributed by atoms with van der Waals surface area (Å²) < 4.78 is 1.58. The maximum Gasteiger partial charge on any atom is 0.292 e. The van der Waals surface area contributed by atoms with Crippen molar-refractivity contribution in [2.24, 2.45) is 0 Å². The number of amides is 1. The van der Waals surface area contributed by atoms with E-state index in [1.165, 1.54) is 0 Å². The molecule has 1 fully saturated rings. The molecule has 118 valence electrons. The average molecular weight is 330 g/mol. The second-order valence-corrected chi connectivity index (χ2v) is 6.16. The molecule has 0 aliphatic heterocycles. The lowest BCUT2D eigenvalue weighted by Crippen LogP contribution is -2.45. The van der Waals surface area contributed by atoms with Crippen molar-refractivity contribution in [1.82, 2.24) is 20.1 Å². The van der Waals surface area contributed by atoms with Gasteiger partial charge in [0.1, 0.15) is 11.4 Å². The van der Waals surface area contributed by atoms with Crippen molar-refractivity contribution in [1.29, 1.82) is 5.26 Å². The fourth-order valence-electron chi connectivity index (χ4n) is 2.83. The van der Waals surface area contributed by atoms with E-state index in [4.69, 9.17) is 11.6 Å². The lowest BCUT2D eigenvalue weighted by molar-refractivity contribution is 0.0910. The summed E-state index contributed by atoms with van der Waals surface area (Å²) in [4.78, 5) is 16.6. The summed E-state index contributed by atoms with van der Waals surface area (Å²) in [6, 6.07) is 9.34. The van der Waals surface area contributed by atoms with Gasteiger partial charge < -0.3 is 5.32 Å². The highest BCUT2D eigenvalue weighted by atomic mass is 35.5. The van der Waals surface area contributed by atoms with E-state index in [9.17, 15) is 10.1 Å². The van der Waals surface area contributed by atoms with E-state index in [1.54, 1.807) is 35.9 Å². The second kappa shape index (κ2) is 6.01. The fraction of sp³-hybridized carbons (Fsp3) is 0.375. The van der Waals surface area contributed by atoms with Crippen LogP contribution in [0.3, 0.4) is 0 Å². The van der Waals surface area contributed by atoms with Gasteiger partial charge in [-0.1, -0.05) is 11.6 Å². The zero-order valence-electron chi connectivity index (χ0n) is 12.7. The van der Waals surface area contributed by atoms with Crippen molar-refractivity contribution in [2.75, 3.05) is 0 Å². The number of nitrogens with zero attached hydrogens (tertiary/aromatic N) is 4. The summed E-state index contributed by atoms with van der Waals surface area (Å²) in [6.07, 6.45) is 3.23. The number of carbonyl (C=O) groups excluding carboxylic acids is 1. The van der Waals surface area contributed by atoms with Crippen LogP contribution in [0.2, 0.25) is 5.02 Å². The Kier molecular flexibility index (Phi) is 4.05. The summed E-state index contributed by atoms with van der Waals surface area (Å²) in [5.41, 5.74) is -0.00852. The second-order valence-electron chi connectivity index (χ2n) is 5.73. The van der Waals surface area contributed by atoms with Gasteiger partial charge in [0.2, 0.25) is 5.82 Å². The number of carbonyl (C=O) groups is 1. The van der Waals surface area contributed by atoms with E-state index in [2.05, 4.69) is 21.5 Å². The molecule has 1 heterocycles. The number of nitrogens with one attached hydrogen (secondary N) is 1. The van der Waals surface area contributed by atoms with Crippen LogP contribution in [0.15, 0.2) is 24.3 Å². The molecule has 0 radical (unpaired) electrons. The van der Waals surface area contributed by atoms with Gasteiger partial charge in [0.05, 0.1) is 11.8 Å². The van der Waals surface area contributed by atoms with Crippen LogP contribution in [0.25, 0.3) is 5.69 Å². The van der Waals surface area contributed by atoms with Gasteiger partial charge in [-0.2, -0.15) is 5.26 Å². The molecule has 1 aromatic carbocycles. The number of hydrogen-bond donors (Lipinski definition) is 1. The largest absolute Gasteiger partial charge is 0.331 e. The Balaban J connectivity index is 1.84. The first-order valence-corrected chi connectivity index (χ1v) is 7.84. The summed E-state index contributed by atoms with van der Waals surface area (Å²) >= 11 is 5.88. The predicted molar refractivity (Wildman–Crippen MR) is 85.4 cm³/mol. The van der Waals surface area contributed by atoms with Gasteiger partial charge in [-0.05, 0) is 56.9 Å². The molecule has 1 saturated carbocycles. The summed E-state index contributed by atoms with van der Waals surface area (Å²) in [6.45, 7) is 1.77. The van der Waals surface area contributed by atoms with Crippen LogP contribution in [-0.2, 0) is 0 Å². The normalized spacial score (nSPS) is 16.0. The van der Waals surface area contributed by atoms with Crippen LogP contribution in [-0.4, -0.2) is 26.2 Å². The first-order valence-electron chi connectivity index (χ1n) is 7.46. The van der Waals surface area contributed by atoms with Crippen LogP contribution in [0.5, 0.6) is 0 Å². The summed E-state index contributed by atoms with van der Waals surface area (Å²) in [7, 11) is 0. The van der Waals surface area contributed by atoms with Crippen LogP contribution >= 0.6 is 11.6 Å². The third kappa shape index (κ3) is 3.06. The molecule has 1 aromatic heterocycles. The molecule has 1 aliphatic carbocycles. The molecule has 0 atom stereocenters. The maximum atomic E-state index is 12.4. The molecule has 1 N–H and O–H groups in total. The van der Waals surface area contributed by atoms with E-state index >= 15 is 0 Å². The molecule has 0 unspecified atom stereocenters. The number of nitriles is 1. The number of aromatic nitrogens is 3. The average Bonchev–Trinajstić information content (AvgIpc) is 3.16. The Morgan fingerprint density at radius 1 is 1.35 bits per heavy atom. The summed E-state index contributed by atoms with van der Waals surface area (Å²) in [5.74, 6) is 0.248. The maximum absolute atomic E-state index is 12.4. The van der Waals surface area contributed by atoms with Crippen LogP contribution in [0.4, 0.5) is 0 Å². The zero-order chi connectivity index (χ0) is 16.4. The highest BCUT2D eigenvalue weighted by molar-refractivity contribution is 6.30. The number of benzene rings is 1. The Morgan fingerprint density at radius 3 is 2.61 bits per heavy atom. The molecule has 3 rings (SSSR count). The van der Waals surface area contributed by atoms with Crippen LogP contribution in [0, 0.1) is 18.3 Å². The minimum absolute atomic E-state index is 0.0685. The van der Waals surface area contributed by atoms with Gasteiger partial charge in [0, 0.05) is 5.02 Å². The van der Waals surface area contributed by atoms with Crippen molar-refractivity contribution in [2.45, 2.75) is 38.1 Å². The molecule has 6 nitrogen and oxygen atoms in total. The molecule has 0 spiro atoms. The minimum atomic E-state index is -0.781. The molecule has 7 heteroatoms. The van der Waals surface area contributed by atoms with Gasteiger partial charge in [0.15, 0.2) is 0 Å². The molecule has 0 saturated heterocycles. The van der Waals surface area contributed by atoms with Crippen molar-refractivity contribution in [3.63, 3.8) is 0 Å². The van der Waals surface area contributed by atoms with Gasteiger partial charge >= 0.3 is 0 Å². The zero-order valence-corrected chi connectivity index (χ0v) is 13.5. The molecular formula is C16H16ClN5O. The van der Waals surface area contributed by atoms with Crippen molar-refractivity contribution >= 4 is 17.5 Å². The Labute approximate surface area is 139 Å². The molecular weight excluding hydrogens is 314 g/mol. The van der Waals surface area contributed by atoms with E-state index in [0.29, 0.717) is 23.7 Å². The standard InChI is InChI=1S/C16H16ClN5O/c1-11-19-14(15(23)20-16(10-18)8-2-3-9-16)21-22(11)13-6-4-12(17)5-7-13/h4-7H,2-3,8-9H2,1H3,(H,20,23). The van der Waals surface area contributed by atoms with Crippen LogP contribution in [0.1, 0.15) is 42.1 Å². The molecule has 23 heavy (non-hydrogen) atoms. The fourth-order valence-corrected chi connectivity index (χ4v) is 2.96. The number of rotatable bonds is 3. The van der Waals surface area contributed by atoms with Crippen molar-refractivity contribution in [3.8, 4) is 11.8 Å². The quantitative estimate of drug-likeness (QED) is 0.938. The van der Waals surface area contributed by atoms with Gasteiger partial charge in [-0.15, -0.1) is 5.10 Å². The Hall–Kier alpha value is -2.39. The first-order chi connectivity index (χ1) is 11.0. The van der Waals surface area contributed by atoms with Crippen molar-refractivity contribution < 1.29 is 4.79 Å². The van der Waals surface area contributed by atoms with Crippen molar-refractivity contribution in [3.05, 3.63) is 40.9 Å². The van der Waals surface area contributed by atoms with E-state index in [1.807, 2.05) is 0 Å². The smallest absolute Gasteiger partial charge is 0.292 e. The SMILES string of the molecule is Cc1nc(C(=O)NC2(C#N)CCCC2)nn1-c1ccc(Cl)cc1.